The van der Waals surface area contributed by atoms with Crippen LogP contribution in [0.15, 0.2) is 60.7 Å². The third-order valence-corrected chi connectivity index (χ3v) is 5.91. The van der Waals surface area contributed by atoms with Crippen LogP contribution in [0.25, 0.3) is 16.7 Å². The van der Waals surface area contributed by atoms with Crippen molar-refractivity contribution in [1.29, 1.82) is 0 Å². The molecule has 0 saturated heterocycles. The molecule has 0 unspecified atom stereocenters. The number of carbonyl (C=O) groups is 2. The summed E-state index contributed by atoms with van der Waals surface area (Å²) in [6.07, 6.45) is 2.11. The number of hydrogen-bond acceptors (Lipinski definition) is 5. The first kappa shape index (κ1) is 24.0. The normalized spacial score (nSPS) is 13.8. The second-order valence-electron chi connectivity index (χ2n) is 8.99. The maximum absolute atomic E-state index is 13.9. The number of benzene rings is 3. The van der Waals surface area contributed by atoms with Crippen LogP contribution in [-0.4, -0.2) is 29.7 Å². The predicted molar refractivity (Wildman–Crippen MR) is 132 cm³/mol. The minimum Gasteiger partial charge on any atom is -0.496 e. The number of hydrogen-bond donors (Lipinski definition) is 2. The second-order valence-corrected chi connectivity index (χ2v) is 8.99. The Hall–Kier alpha value is -4.13. The Morgan fingerprint density at radius 3 is 2.31 bits per heavy atom. The van der Waals surface area contributed by atoms with E-state index in [9.17, 15) is 14.0 Å². The van der Waals surface area contributed by atoms with E-state index in [2.05, 4.69) is 25.2 Å². The van der Waals surface area contributed by atoms with Crippen molar-refractivity contribution in [2.45, 2.75) is 32.9 Å². The molecule has 3 aromatic rings. The number of esters is 1. The lowest BCUT2D eigenvalue weighted by atomic mass is 9.85. The van der Waals surface area contributed by atoms with E-state index in [1.807, 2.05) is 19.1 Å². The number of rotatable bonds is 6. The van der Waals surface area contributed by atoms with Crippen molar-refractivity contribution in [2.75, 3.05) is 12.4 Å². The molecule has 0 saturated carbocycles. The van der Waals surface area contributed by atoms with Gasteiger partial charge in [0.25, 0.3) is 0 Å². The molecule has 0 bridgehead atoms. The fourth-order valence-corrected chi connectivity index (χ4v) is 4.46. The molecule has 1 heterocycles. The van der Waals surface area contributed by atoms with Gasteiger partial charge < -0.3 is 19.9 Å². The molecule has 1 aliphatic heterocycles. The van der Waals surface area contributed by atoms with Gasteiger partial charge in [0, 0.05) is 28.4 Å². The molecule has 180 valence electrons. The Morgan fingerprint density at radius 2 is 1.66 bits per heavy atom. The van der Waals surface area contributed by atoms with Gasteiger partial charge in [0.1, 0.15) is 18.2 Å². The zero-order chi connectivity index (χ0) is 25.3. The molecular formula is C28H26FNO5. The van der Waals surface area contributed by atoms with Gasteiger partial charge in [0.2, 0.25) is 0 Å². The number of halogens is 1. The summed E-state index contributed by atoms with van der Waals surface area (Å²) in [5.74, 6) is -1.70. The fourth-order valence-electron chi connectivity index (χ4n) is 4.46. The van der Waals surface area contributed by atoms with Gasteiger partial charge in [-0.25, -0.2) is 14.0 Å². The quantitative estimate of drug-likeness (QED) is 0.415. The van der Waals surface area contributed by atoms with Crippen LogP contribution in [0.2, 0.25) is 0 Å². The number of aromatic carboxylic acids is 1. The molecular weight excluding hydrogens is 449 g/mol. The van der Waals surface area contributed by atoms with Gasteiger partial charge >= 0.3 is 11.9 Å². The highest BCUT2D eigenvalue weighted by atomic mass is 19.1. The van der Waals surface area contributed by atoms with E-state index < -0.39 is 17.8 Å². The highest BCUT2D eigenvalue weighted by Gasteiger charge is 2.27. The molecule has 0 spiro atoms. The second kappa shape index (κ2) is 9.25. The van der Waals surface area contributed by atoms with E-state index in [4.69, 9.17) is 14.6 Å². The topological polar surface area (TPSA) is 84.9 Å². The highest BCUT2D eigenvalue weighted by Crippen LogP contribution is 2.42. The number of carboxylic acid groups (broad SMARTS) is 1. The van der Waals surface area contributed by atoms with Gasteiger partial charge in [-0.1, -0.05) is 12.1 Å². The van der Waals surface area contributed by atoms with Crippen molar-refractivity contribution >= 4 is 23.2 Å². The van der Waals surface area contributed by atoms with E-state index in [1.165, 1.54) is 43.5 Å². The van der Waals surface area contributed by atoms with Gasteiger partial charge in [-0.3, -0.25) is 0 Å². The smallest absolute Gasteiger partial charge is 0.338 e. The van der Waals surface area contributed by atoms with Gasteiger partial charge in [-0.05, 0) is 74.4 Å². The van der Waals surface area contributed by atoms with E-state index in [0.717, 1.165) is 28.0 Å². The van der Waals surface area contributed by atoms with Crippen LogP contribution < -0.4 is 10.1 Å². The summed E-state index contributed by atoms with van der Waals surface area (Å²) in [6, 6.07) is 13.7. The molecule has 6 nitrogen and oxygen atoms in total. The summed E-state index contributed by atoms with van der Waals surface area (Å²) in [5.41, 5.74) is 5.06. The Kier molecular flexibility index (Phi) is 6.35. The average molecular weight is 476 g/mol. The van der Waals surface area contributed by atoms with Gasteiger partial charge in [-0.15, -0.1) is 0 Å². The molecule has 2 N–H and O–H groups in total. The van der Waals surface area contributed by atoms with E-state index in [1.54, 1.807) is 6.07 Å². The average Bonchev–Trinajstić information content (AvgIpc) is 2.81. The van der Waals surface area contributed by atoms with Gasteiger partial charge in [0.05, 0.1) is 23.8 Å². The number of nitrogens with one attached hydrogen (secondary N) is 1. The lowest BCUT2D eigenvalue weighted by Gasteiger charge is -2.33. The summed E-state index contributed by atoms with van der Waals surface area (Å²) in [6.45, 7) is 6.09. The Labute approximate surface area is 203 Å². The molecule has 1 aliphatic rings. The van der Waals surface area contributed by atoms with Crippen molar-refractivity contribution in [3.63, 3.8) is 0 Å². The van der Waals surface area contributed by atoms with Crippen molar-refractivity contribution in [3.05, 3.63) is 88.7 Å². The van der Waals surface area contributed by atoms with Crippen LogP contribution >= 0.6 is 0 Å². The first-order valence-electron chi connectivity index (χ1n) is 11.1. The molecule has 0 fully saturated rings. The number of allylic oxidation sites excluding steroid dienone is 1. The molecule has 3 aromatic carbocycles. The fraction of sp³-hybridized carbons (Fsp3) is 0.214. The number of carboxylic acids is 1. The molecule has 0 amide bonds. The van der Waals surface area contributed by atoms with Crippen LogP contribution in [0.3, 0.4) is 0 Å². The molecule has 7 heteroatoms. The first-order valence-corrected chi connectivity index (χ1v) is 11.1. The van der Waals surface area contributed by atoms with Crippen molar-refractivity contribution in [3.8, 4) is 16.9 Å². The Bertz CT molecular complexity index is 1340. The van der Waals surface area contributed by atoms with Gasteiger partial charge in [-0.2, -0.15) is 0 Å². The van der Waals surface area contributed by atoms with Crippen LogP contribution in [0.5, 0.6) is 5.75 Å². The van der Waals surface area contributed by atoms with Gasteiger partial charge in [0.15, 0.2) is 0 Å². The summed E-state index contributed by atoms with van der Waals surface area (Å²) in [4.78, 5) is 23.9. The lowest BCUT2D eigenvalue weighted by molar-refractivity contribution is 0.0472. The molecule has 0 aromatic heterocycles. The highest BCUT2D eigenvalue weighted by molar-refractivity contribution is 5.93. The molecule has 0 radical (unpaired) electrons. The van der Waals surface area contributed by atoms with Crippen LogP contribution in [0, 0.1) is 5.82 Å². The van der Waals surface area contributed by atoms with Crippen LogP contribution in [-0.2, 0) is 11.3 Å². The maximum atomic E-state index is 13.9. The van der Waals surface area contributed by atoms with E-state index >= 15 is 0 Å². The summed E-state index contributed by atoms with van der Waals surface area (Å²) in [7, 11) is 1.48. The summed E-state index contributed by atoms with van der Waals surface area (Å²) in [5, 5.41) is 12.6. The van der Waals surface area contributed by atoms with Crippen molar-refractivity contribution in [2.24, 2.45) is 0 Å². The number of carbonyl (C=O) groups excluding carboxylic acids is 1. The van der Waals surface area contributed by atoms with Crippen LogP contribution in [0.4, 0.5) is 10.1 Å². The number of methoxy groups -OCH3 is 1. The Morgan fingerprint density at radius 1 is 1.00 bits per heavy atom. The summed E-state index contributed by atoms with van der Waals surface area (Å²) >= 11 is 0. The molecule has 0 aliphatic carbocycles. The standard InChI is InChI=1S/C28H26FNO5/c1-16-14-28(2,3)30-23-12-11-20(21-10-9-19(29)13-24(21)34-4)22(25(16)23)15-35-27(33)18-7-5-17(6-8-18)26(31)32/h5-14,30H,15H2,1-4H3,(H,31,32). The third-order valence-electron chi connectivity index (χ3n) is 5.91. The Balaban J connectivity index is 1.77. The SMILES string of the molecule is COc1cc(F)ccc1-c1ccc2c(c1COC(=O)c1ccc(C(=O)O)cc1)C(C)=CC(C)(C)N2. The molecule has 35 heavy (non-hydrogen) atoms. The summed E-state index contributed by atoms with van der Waals surface area (Å²) < 4.78 is 25.0. The largest absolute Gasteiger partial charge is 0.496 e. The zero-order valence-corrected chi connectivity index (χ0v) is 19.9. The monoisotopic (exact) mass is 475 g/mol. The minimum absolute atomic E-state index is 0.0498. The third kappa shape index (κ3) is 4.89. The number of fused-ring (bicyclic) bond motifs is 1. The lowest BCUT2D eigenvalue weighted by Crippen LogP contribution is -2.32. The first-order chi connectivity index (χ1) is 16.6. The van der Waals surface area contributed by atoms with Crippen molar-refractivity contribution in [1.82, 2.24) is 0 Å². The number of anilines is 1. The number of ether oxygens (including phenoxy) is 2. The maximum Gasteiger partial charge on any atom is 0.338 e. The van der Waals surface area contributed by atoms with Crippen molar-refractivity contribution < 1.29 is 28.6 Å². The molecule has 4 rings (SSSR count). The van der Waals surface area contributed by atoms with E-state index in [-0.39, 0.29) is 23.3 Å². The predicted octanol–water partition coefficient (Wildman–Crippen LogP) is 6.16. The zero-order valence-electron chi connectivity index (χ0n) is 19.9. The molecule has 0 atom stereocenters. The van der Waals surface area contributed by atoms with E-state index in [0.29, 0.717) is 11.3 Å². The minimum atomic E-state index is -1.07. The van der Waals surface area contributed by atoms with Crippen LogP contribution in [0.1, 0.15) is 52.6 Å².